The van der Waals surface area contributed by atoms with E-state index in [1.54, 1.807) is 25.2 Å². The lowest BCUT2D eigenvalue weighted by Gasteiger charge is -2.10. The molecule has 0 fully saturated rings. The van der Waals surface area contributed by atoms with Gasteiger partial charge in [-0.15, -0.1) is 0 Å². The number of ketones is 1. The average molecular weight is 386 g/mol. The van der Waals surface area contributed by atoms with E-state index in [1.165, 1.54) is 21.9 Å². The molecule has 3 rings (SSSR count). The van der Waals surface area contributed by atoms with Crippen molar-refractivity contribution >= 4 is 34.0 Å². The first-order chi connectivity index (χ1) is 13.0. The SMILES string of the molecule is CCOC1=C/C(=C\c2c(N)n3nc(C(CC)CC)sc3nc2=O)C=CC1=O. The van der Waals surface area contributed by atoms with Gasteiger partial charge in [-0.1, -0.05) is 31.3 Å². The van der Waals surface area contributed by atoms with Crippen LogP contribution in [0.2, 0.25) is 0 Å². The van der Waals surface area contributed by atoms with Crippen molar-refractivity contribution in [3.05, 3.63) is 50.5 Å². The highest BCUT2D eigenvalue weighted by Crippen LogP contribution is 2.28. The Balaban J connectivity index is 2.08. The zero-order valence-corrected chi connectivity index (χ0v) is 16.4. The van der Waals surface area contributed by atoms with Crippen molar-refractivity contribution < 1.29 is 9.53 Å². The fourth-order valence-electron chi connectivity index (χ4n) is 2.88. The first-order valence-corrected chi connectivity index (χ1v) is 9.77. The van der Waals surface area contributed by atoms with Gasteiger partial charge in [-0.2, -0.15) is 14.6 Å². The Bertz CT molecular complexity index is 1030. The highest BCUT2D eigenvalue weighted by atomic mass is 32.1. The van der Waals surface area contributed by atoms with Crippen LogP contribution >= 0.6 is 11.3 Å². The average Bonchev–Trinajstić information content (AvgIpc) is 3.06. The van der Waals surface area contributed by atoms with Gasteiger partial charge in [-0.25, -0.2) is 0 Å². The molecule has 0 unspecified atom stereocenters. The Morgan fingerprint density at radius 3 is 2.67 bits per heavy atom. The summed E-state index contributed by atoms with van der Waals surface area (Å²) < 4.78 is 6.85. The standard InChI is InChI=1S/C19H22N4O3S/c1-4-12(5-2)18-22-23-16(20)13(17(25)21-19(23)27-18)9-11-7-8-14(24)15(10-11)26-6-3/h7-10,12H,4-6,20H2,1-3H3/b11-9-. The van der Waals surface area contributed by atoms with Crippen molar-refractivity contribution in [1.82, 2.24) is 14.6 Å². The van der Waals surface area contributed by atoms with Crippen LogP contribution in [0.5, 0.6) is 0 Å². The molecule has 7 nitrogen and oxygen atoms in total. The second-order valence-electron chi connectivity index (χ2n) is 6.15. The molecule has 0 spiro atoms. The van der Waals surface area contributed by atoms with E-state index < -0.39 is 5.56 Å². The Kier molecular flexibility index (Phi) is 5.55. The summed E-state index contributed by atoms with van der Waals surface area (Å²) in [5.41, 5.74) is 6.70. The number of hydrogen-bond acceptors (Lipinski definition) is 7. The molecule has 0 aromatic carbocycles. The largest absolute Gasteiger partial charge is 0.490 e. The Hall–Kier alpha value is -2.74. The molecule has 2 aromatic rings. The van der Waals surface area contributed by atoms with E-state index >= 15 is 0 Å². The van der Waals surface area contributed by atoms with Crippen LogP contribution in [0.25, 0.3) is 11.0 Å². The van der Waals surface area contributed by atoms with Crippen LogP contribution in [-0.4, -0.2) is 27.0 Å². The molecule has 0 radical (unpaired) electrons. The molecule has 0 bridgehead atoms. The number of nitrogen functional groups attached to an aromatic ring is 1. The van der Waals surface area contributed by atoms with Crippen molar-refractivity contribution in [3.8, 4) is 0 Å². The van der Waals surface area contributed by atoms with Gasteiger partial charge in [0.05, 0.1) is 12.2 Å². The lowest BCUT2D eigenvalue weighted by molar-refractivity contribution is -0.114. The quantitative estimate of drug-likeness (QED) is 0.819. The maximum Gasteiger partial charge on any atom is 0.283 e. The molecule has 2 N–H and O–H groups in total. The van der Waals surface area contributed by atoms with Gasteiger partial charge in [0.1, 0.15) is 10.8 Å². The summed E-state index contributed by atoms with van der Waals surface area (Å²) in [4.78, 5) is 28.9. The van der Waals surface area contributed by atoms with E-state index in [9.17, 15) is 9.59 Å². The first-order valence-electron chi connectivity index (χ1n) is 8.96. The maximum atomic E-state index is 12.5. The molecule has 0 saturated carbocycles. The molecule has 2 heterocycles. The van der Waals surface area contributed by atoms with E-state index in [-0.39, 0.29) is 22.9 Å². The fourth-order valence-corrected chi connectivity index (χ4v) is 4.05. The number of ether oxygens (including phenoxy) is 1. The van der Waals surface area contributed by atoms with E-state index in [0.717, 1.165) is 17.8 Å². The van der Waals surface area contributed by atoms with E-state index in [0.29, 0.717) is 23.1 Å². The van der Waals surface area contributed by atoms with Gasteiger partial charge in [0.25, 0.3) is 5.56 Å². The van der Waals surface area contributed by atoms with Crippen molar-refractivity contribution in [2.45, 2.75) is 39.5 Å². The minimum Gasteiger partial charge on any atom is -0.490 e. The molecule has 27 heavy (non-hydrogen) atoms. The molecule has 0 atom stereocenters. The minimum absolute atomic E-state index is 0.207. The summed E-state index contributed by atoms with van der Waals surface area (Å²) in [6, 6.07) is 0. The fraction of sp³-hybridized carbons (Fsp3) is 0.368. The third-order valence-electron chi connectivity index (χ3n) is 4.42. The normalized spacial score (nSPS) is 15.8. The van der Waals surface area contributed by atoms with E-state index in [2.05, 4.69) is 23.9 Å². The zero-order chi connectivity index (χ0) is 19.6. The molecule has 0 saturated heterocycles. The number of hydrogen-bond donors (Lipinski definition) is 1. The Labute approximate surface area is 160 Å². The highest BCUT2D eigenvalue weighted by molar-refractivity contribution is 7.16. The van der Waals surface area contributed by atoms with Crippen LogP contribution in [-0.2, 0) is 9.53 Å². The number of anilines is 1. The third-order valence-corrected chi connectivity index (χ3v) is 5.49. The van der Waals surface area contributed by atoms with Gasteiger partial charge < -0.3 is 10.5 Å². The van der Waals surface area contributed by atoms with Gasteiger partial charge in [0.15, 0.2) is 5.76 Å². The predicted molar refractivity (Wildman–Crippen MR) is 107 cm³/mol. The predicted octanol–water partition coefficient (Wildman–Crippen LogP) is 3.08. The summed E-state index contributed by atoms with van der Waals surface area (Å²) in [5.74, 6) is 0.588. The lowest BCUT2D eigenvalue weighted by atomic mass is 10.0. The molecule has 1 aliphatic carbocycles. The Morgan fingerprint density at radius 1 is 1.26 bits per heavy atom. The van der Waals surface area contributed by atoms with Crippen molar-refractivity contribution in [2.75, 3.05) is 12.3 Å². The molecule has 2 aromatic heterocycles. The summed E-state index contributed by atoms with van der Waals surface area (Å²) in [6.07, 6.45) is 8.15. The van der Waals surface area contributed by atoms with Crippen LogP contribution in [0.4, 0.5) is 5.82 Å². The number of carbonyl (C=O) groups excluding carboxylic acids is 1. The van der Waals surface area contributed by atoms with Gasteiger partial charge in [0.2, 0.25) is 10.7 Å². The second kappa shape index (κ2) is 7.87. The van der Waals surface area contributed by atoms with Crippen LogP contribution < -0.4 is 11.3 Å². The highest BCUT2D eigenvalue weighted by Gasteiger charge is 2.18. The van der Waals surface area contributed by atoms with Crippen LogP contribution in [0, 0.1) is 0 Å². The smallest absolute Gasteiger partial charge is 0.283 e. The van der Waals surface area contributed by atoms with Crippen LogP contribution in [0.15, 0.2) is 34.4 Å². The summed E-state index contributed by atoms with van der Waals surface area (Å²) in [5, 5.41) is 5.49. The van der Waals surface area contributed by atoms with Gasteiger partial charge in [-0.05, 0) is 43.6 Å². The minimum atomic E-state index is -0.420. The summed E-state index contributed by atoms with van der Waals surface area (Å²) in [7, 11) is 0. The number of carbonyl (C=O) groups is 1. The molecule has 0 amide bonds. The first kappa shape index (κ1) is 19.0. The maximum absolute atomic E-state index is 12.5. The molecule has 1 aliphatic rings. The topological polar surface area (TPSA) is 99.6 Å². The second-order valence-corrected chi connectivity index (χ2v) is 7.14. The monoisotopic (exact) mass is 386 g/mol. The lowest BCUT2D eigenvalue weighted by Crippen LogP contribution is -2.17. The zero-order valence-electron chi connectivity index (χ0n) is 15.6. The summed E-state index contributed by atoms with van der Waals surface area (Å²) in [6.45, 7) is 6.40. The number of fused-ring (bicyclic) bond motifs is 1. The van der Waals surface area contributed by atoms with E-state index in [1.807, 2.05) is 0 Å². The number of nitrogens with zero attached hydrogens (tertiary/aromatic N) is 3. The number of allylic oxidation sites excluding steroid dienone is 4. The molecular formula is C19H22N4O3S. The van der Waals surface area contributed by atoms with Gasteiger partial charge in [0, 0.05) is 5.92 Å². The number of nitrogens with two attached hydrogens (primary N) is 1. The van der Waals surface area contributed by atoms with Gasteiger partial charge in [-0.3, -0.25) is 9.59 Å². The van der Waals surface area contributed by atoms with E-state index in [4.69, 9.17) is 10.5 Å². The number of aromatic nitrogens is 3. The third kappa shape index (κ3) is 3.71. The van der Waals surface area contributed by atoms with Crippen molar-refractivity contribution in [1.29, 1.82) is 0 Å². The molecular weight excluding hydrogens is 364 g/mol. The van der Waals surface area contributed by atoms with Crippen molar-refractivity contribution in [3.63, 3.8) is 0 Å². The van der Waals surface area contributed by atoms with Crippen LogP contribution in [0.1, 0.15) is 50.1 Å². The number of rotatable bonds is 6. The summed E-state index contributed by atoms with van der Waals surface area (Å²) >= 11 is 1.39. The molecule has 142 valence electrons. The molecule has 0 aliphatic heterocycles. The van der Waals surface area contributed by atoms with Crippen molar-refractivity contribution in [2.24, 2.45) is 0 Å². The van der Waals surface area contributed by atoms with Crippen LogP contribution in [0.3, 0.4) is 0 Å². The Morgan fingerprint density at radius 2 is 2.00 bits per heavy atom. The van der Waals surface area contributed by atoms with Gasteiger partial charge >= 0.3 is 0 Å². The molecule has 8 heteroatoms.